The monoisotopic (exact) mass is 463 g/mol. The highest BCUT2D eigenvalue weighted by atomic mass is 16.5. The number of carboxylic acids is 1. The predicted molar refractivity (Wildman–Crippen MR) is 127 cm³/mol. The molecule has 2 aliphatic rings. The van der Waals surface area contributed by atoms with Crippen LogP contribution in [0.15, 0.2) is 42.5 Å². The first-order valence-corrected chi connectivity index (χ1v) is 11.9. The topological polar surface area (TPSA) is 93.9 Å². The zero-order valence-corrected chi connectivity index (χ0v) is 19.1. The van der Waals surface area contributed by atoms with E-state index in [4.69, 9.17) is 14.5 Å². The number of hydrogen-bond donors (Lipinski definition) is 1. The molecule has 1 aliphatic heterocycles. The maximum atomic E-state index is 12.3. The maximum Gasteiger partial charge on any atom is 0.335 e. The molecule has 1 aromatic heterocycles. The van der Waals surface area contributed by atoms with Crippen LogP contribution >= 0.6 is 0 Å². The molecule has 2 aromatic carbocycles. The van der Waals surface area contributed by atoms with Crippen LogP contribution in [0.3, 0.4) is 0 Å². The second-order valence-corrected chi connectivity index (χ2v) is 8.91. The van der Waals surface area contributed by atoms with Gasteiger partial charge in [0.15, 0.2) is 6.61 Å². The van der Waals surface area contributed by atoms with Crippen molar-refractivity contribution in [3.05, 3.63) is 48.0 Å². The Bertz CT molecular complexity index is 1180. The summed E-state index contributed by atoms with van der Waals surface area (Å²) in [6.07, 6.45) is 5.78. The molecule has 0 radical (unpaired) electrons. The molecule has 0 bridgehead atoms. The number of rotatable bonds is 6. The number of fused-ring (bicyclic) bond motifs is 1. The molecule has 0 spiro atoms. The van der Waals surface area contributed by atoms with Gasteiger partial charge in [0, 0.05) is 24.7 Å². The molecule has 1 N–H and O–H groups in total. The summed E-state index contributed by atoms with van der Waals surface area (Å²) in [6, 6.07) is 13.1. The van der Waals surface area contributed by atoms with Gasteiger partial charge in [-0.25, -0.2) is 9.78 Å². The molecule has 178 valence electrons. The Labute approximate surface area is 198 Å². The molecule has 1 amide bonds. The molecule has 0 atom stereocenters. The van der Waals surface area contributed by atoms with Gasteiger partial charge >= 0.3 is 5.97 Å². The number of carboxylic acid groups (broad SMARTS) is 1. The van der Waals surface area contributed by atoms with Crippen LogP contribution in [-0.4, -0.2) is 64.3 Å². The lowest BCUT2D eigenvalue weighted by Gasteiger charge is -2.26. The van der Waals surface area contributed by atoms with Gasteiger partial charge in [-0.15, -0.1) is 0 Å². The smallest absolute Gasteiger partial charge is 0.335 e. The number of imidazole rings is 1. The number of carbonyl (C=O) groups excluding carboxylic acids is 1. The summed E-state index contributed by atoms with van der Waals surface area (Å²) in [5.74, 6) is 0.462. The molecule has 3 aromatic rings. The molecule has 8 heteroatoms. The third kappa shape index (κ3) is 4.63. The molecule has 1 saturated heterocycles. The lowest BCUT2D eigenvalue weighted by atomic mass is 9.95. The number of hydrogen-bond acceptors (Lipinski definition) is 5. The quantitative estimate of drug-likeness (QED) is 0.590. The van der Waals surface area contributed by atoms with Crippen LogP contribution in [0.25, 0.3) is 22.4 Å². The minimum atomic E-state index is -0.955. The summed E-state index contributed by atoms with van der Waals surface area (Å²) in [7, 11) is 0. The van der Waals surface area contributed by atoms with E-state index in [0.29, 0.717) is 43.6 Å². The Morgan fingerprint density at radius 3 is 2.47 bits per heavy atom. The Hall–Kier alpha value is -3.39. The molecule has 5 rings (SSSR count). The van der Waals surface area contributed by atoms with Gasteiger partial charge in [-0.05, 0) is 55.3 Å². The number of benzene rings is 2. The van der Waals surface area contributed by atoms with E-state index in [0.717, 1.165) is 29.7 Å². The van der Waals surface area contributed by atoms with Crippen molar-refractivity contribution in [3.8, 4) is 17.1 Å². The van der Waals surface area contributed by atoms with Crippen LogP contribution in [-0.2, 0) is 9.53 Å². The summed E-state index contributed by atoms with van der Waals surface area (Å²) in [4.78, 5) is 30.4. The fourth-order valence-corrected chi connectivity index (χ4v) is 4.89. The number of nitrogens with zero attached hydrogens (tertiary/aromatic N) is 3. The van der Waals surface area contributed by atoms with Gasteiger partial charge in [-0.1, -0.05) is 19.3 Å². The van der Waals surface area contributed by atoms with Crippen molar-refractivity contribution in [2.75, 3.05) is 32.9 Å². The highest BCUT2D eigenvalue weighted by molar-refractivity contribution is 5.93. The van der Waals surface area contributed by atoms with Crippen molar-refractivity contribution >= 4 is 22.9 Å². The second kappa shape index (κ2) is 9.85. The summed E-state index contributed by atoms with van der Waals surface area (Å²) in [5, 5.41) is 9.41. The van der Waals surface area contributed by atoms with Gasteiger partial charge in [0.2, 0.25) is 0 Å². The van der Waals surface area contributed by atoms with Gasteiger partial charge in [-0.3, -0.25) is 4.79 Å². The van der Waals surface area contributed by atoms with Crippen molar-refractivity contribution in [1.82, 2.24) is 14.5 Å². The summed E-state index contributed by atoms with van der Waals surface area (Å²) in [5.41, 5.74) is 2.83. The Kier molecular flexibility index (Phi) is 6.49. The van der Waals surface area contributed by atoms with Crippen LogP contribution in [0.1, 0.15) is 48.5 Å². The standard InChI is InChI=1S/C26H29N3O5/c30-24(28-12-14-33-15-13-28)17-34-21-9-6-18(7-10-21)25-27-22-16-19(26(31)32)8-11-23(22)29(25)20-4-2-1-3-5-20/h6-11,16,20H,1-5,12-15,17H2,(H,31,32). The lowest BCUT2D eigenvalue weighted by Crippen LogP contribution is -2.42. The van der Waals surface area contributed by atoms with E-state index < -0.39 is 5.97 Å². The number of ether oxygens (including phenoxy) is 2. The number of morpholine rings is 1. The first kappa shape index (κ1) is 22.4. The van der Waals surface area contributed by atoms with Gasteiger partial charge in [0.1, 0.15) is 11.6 Å². The van der Waals surface area contributed by atoms with Crippen molar-refractivity contribution in [3.63, 3.8) is 0 Å². The summed E-state index contributed by atoms with van der Waals surface area (Å²) in [6.45, 7) is 2.33. The Morgan fingerprint density at radius 2 is 1.76 bits per heavy atom. The van der Waals surface area contributed by atoms with E-state index in [1.54, 1.807) is 17.0 Å². The fourth-order valence-electron chi connectivity index (χ4n) is 4.89. The van der Waals surface area contributed by atoms with E-state index in [2.05, 4.69) is 4.57 Å². The zero-order valence-electron chi connectivity index (χ0n) is 19.1. The average Bonchev–Trinajstić information content (AvgIpc) is 3.27. The first-order chi connectivity index (χ1) is 16.6. The fraction of sp³-hybridized carbons (Fsp3) is 0.423. The third-order valence-corrected chi connectivity index (χ3v) is 6.71. The molecule has 2 heterocycles. The molecular formula is C26H29N3O5. The minimum Gasteiger partial charge on any atom is -0.484 e. The molecule has 1 saturated carbocycles. The maximum absolute atomic E-state index is 12.3. The van der Waals surface area contributed by atoms with Gasteiger partial charge in [-0.2, -0.15) is 0 Å². The Morgan fingerprint density at radius 1 is 1.03 bits per heavy atom. The lowest BCUT2D eigenvalue weighted by molar-refractivity contribution is -0.137. The van der Waals surface area contributed by atoms with E-state index >= 15 is 0 Å². The second-order valence-electron chi connectivity index (χ2n) is 8.91. The molecule has 0 unspecified atom stereocenters. The molecule has 2 fully saturated rings. The van der Waals surface area contributed by atoms with Crippen LogP contribution in [0.2, 0.25) is 0 Å². The largest absolute Gasteiger partial charge is 0.484 e. The SMILES string of the molecule is O=C(O)c1ccc2c(c1)nc(-c1ccc(OCC(=O)N3CCOCC3)cc1)n2C1CCCCC1. The summed E-state index contributed by atoms with van der Waals surface area (Å²) < 4.78 is 13.3. The number of aromatic carboxylic acids is 1. The van der Waals surface area contributed by atoms with Crippen molar-refractivity contribution < 1.29 is 24.2 Å². The van der Waals surface area contributed by atoms with Crippen molar-refractivity contribution in [1.29, 1.82) is 0 Å². The highest BCUT2D eigenvalue weighted by Crippen LogP contribution is 2.36. The highest BCUT2D eigenvalue weighted by Gasteiger charge is 2.23. The zero-order chi connectivity index (χ0) is 23.5. The van der Waals surface area contributed by atoms with Crippen LogP contribution < -0.4 is 4.74 Å². The third-order valence-electron chi connectivity index (χ3n) is 6.71. The molecule has 8 nitrogen and oxygen atoms in total. The van der Waals surface area contributed by atoms with E-state index in [9.17, 15) is 14.7 Å². The van der Waals surface area contributed by atoms with Crippen LogP contribution in [0, 0.1) is 0 Å². The Balaban J connectivity index is 1.40. The van der Waals surface area contributed by atoms with Crippen molar-refractivity contribution in [2.45, 2.75) is 38.1 Å². The van der Waals surface area contributed by atoms with E-state index in [1.807, 2.05) is 30.3 Å². The normalized spacial score (nSPS) is 17.1. The summed E-state index contributed by atoms with van der Waals surface area (Å²) >= 11 is 0. The molecular weight excluding hydrogens is 434 g/mol. The van der Waals surface area contributed by atoms with Crippen LogP contribution in [0.4, 0.5) is 0 Å². The van der Waals surface area contributed by atoms with Gasteiger partial charge in [0.05, 0.1) is 29.8 Å². The predicted octanol–water partition coefficient (Wildman–Crippen LogP) is 4.14. The first-order valence-electron chi connectivity index (χ1n) is 11.9. The number of amides is 1. The molecule has 34 heavy (non-hydrogen) atoms. The minimum absolute atomic E-state index is 0.00208. The van der Waals surface area contributed by atoms with E-state index in [-0.39, 0.29) is 18.1 Å². The van der Waals surface area contributed by atoms with Crippen LogP contribution in [0.5, 0.6) is 5.75 Å². The number of aromatic nitrogens is 2. The van der Waals surface area contributed by atoms with Crippen molar-refractivity contribution in [2.24, 2.45) is 0 Å². The average molecular weight is 464 g/mol. The molecule has 1 aliphatic carbocycles. The van der Waals surface area contributed by atoms with Gasteiger partial charge < -0.3 is 24.0 Å². The van der Waals surface area contributed by atoms with E-state index in [1.165, 1.54) is 19.3 Å². The number of carbonyl (C=O) groups is 2. The van der Waals surface area contributed by atoms with Gasteiger partial charge in [0.25, 0.3) is 5.91 Å².